The molecule has 3 heterocycles. The minimum absolute atomic E-state index is 0.0693. The molecule has 35 heavy (non-hydrogen) atoms. The van der Waals surface area contributed by atoms with E-state index in [1.807, 2.05) is 85.0 Å². The second kappa shape index (κ2) is 10.1. The van der Waals surface area contributed by atoms with Crippen LogP contribution in [0.15, 0.2) is 73.1 Å². The first kappa shape index (κ1) is 23.3. The molecule has 1 fully saturated rings. The van der Waals surface area contributed by atoms with Crippen molar-refractivity contribution in [1.82, 2.24) is 39.2 Å². The van der Waals surface area contributed by atoms with Crippen LogP contribution in [0.3, 0.4) is 0 Å². The van der Waals surface area contributed by atoms with Gasteiger partial charge < -0.3 is 0 Å². The number of likely N-dealkylation sites (N-methyl/N-ethyl adjacent to an activating group) is 1. The Hall–Kier alpha value is -3.41. The first-order valence-corrected chi connectivity index (χ1v) is 13.1. The summed E-state index contributed by atoms with van der Waals surface area (Å²) in [6.45, 7) is 2.39. The molecule has 182 valence electrons. The van der Waals surface area contributed by atoms with Crippen LogP contribution in [0, 0.1) is 0 Å². The molecule has 1 aliphatic rings. The fourth-order valence-electron chi connectivity index (χ4n) is 4.26. The number of rotatable bonds is 9. The summed E-state index contributed by atoms with van der Waals surface area (Å²) in [5.74, 6) is 0.0693. The quantitative estimate of drug-likeness (QED) is 0.350. The van der Waals surface area contributed by atoms with E-state index in [9.17, 15) is 8.42 Å². The molecule has 11 heteroatoms. The van der Waals surface area contributed by atoms with Crippen LogP contribution in [0.4, 0.5) is 0 Å². The summed E-state index contributed by atoms with van der Waals surface area (Å²) in [4.78, 5) is 2.03. The van der Waals surface area contributed by atoms with E-state index in [0.717, 1.165) is 16.8 Å². The van der Waals surface area contributed by atoms with Crippen LogP contribution < -0.4 is 0 Å². The minimum Gasteiger partial charge on any atom is -0.295 e. The highest BCUT2D eigenvalue weighted by Crippen LogP contribution is 2.21. The number of sulfonamides is 1. The first-order chi connectivity index (χ1) is 16.9. The number of hydrogen-bond acceptors (Lipinski definition) is 7. The van der Waals surface area contributed by atoms with E-state index in [0.29, 0.717) is 31.9 Å². The van der Waals surface area contributed by atoms with Gasteiger partial charge in [0.2, 0.25) is 10.0 Å². The van der Waals surface area contributed by atoms with Crippen LogP contribution in [0.2, 0.25) is 0 Å². The second-order valence-corrected chi connectivity index (χ2v) is 10.9. The van der Waals surface area contributed by atoms with Crippen LogP contribution >= 0.6 is 0 Å². The van der Waals surface area contributed by atoms with Crippen molar-refractivity contribution in [2.75, 3.05) is 19.3 Å². The zero-order chi connectivity index (χ0) is 24.3. The van der Waals surface area contributed by atoms with Crippen LogP contribution in [0.5, 0.6) is 0 Å². The van der Waals surface area contributed by atoms with Gasteiger partial charge in [-0.15, -0.1) is 10.2 Å². The molecule has 10 nitrogen and oxygen atoms in total. The Labute approximate surface area is 204 Å². The van der Waals surface area contributed by atoms with Gasteiger partial charge in [-0.2, -0.15) is 4.31 Å². The van der Waals surface area contributed by atoms with E-state index < -0.39 is 10.0 Å². The number of nitrogens with zero attached hydrogens (tertiary/aromatic N) is 8. The Morgan fingerprint density at radius 1 is 0.829 bits per heavy atom. The lowest BCUT2D eigenvalue weighted by atomic mass is 10.2. The average Bonchev–Trinajstić information content (AvgIpc) is 3.55. The van der Waals surface area contributed by atoms with E-state index in [-0.39, 0.29) is 18.3 Å². The van der Waals surface area contributed by atoms with Gasteiger partial charge in [0, 0.05) is 19.1 Å². The van der Waals surface area contributed by atoms with Gasteiger partial charge in [0.25, 0.3) is 0 Å². The normalized spacial score (nSPS) is 17.8. The molecule has 2 aromatic carbocycles. The smallest absolute Gasteiger partial charge is 0.216 e. The third-order valence-electron chi connectivity index (χ3n) is 6.13. The van der Waals surface area contributed by atoms with Crippen molar-refractivity contribution in [1.29, 1.82) is 0 Å². The van der Waals surface area contributed by atoms with Gasteiger partial charge in [-0.05, 0) is 18.2 Å². The Bertz CT molecular complexity index is 1350. The lowest BCUT2D eigenvalue weighted by Gasteiger charge is -2.21. The molecule has 0 bridgehead atoms. The Morgan fingerprint density at radius 2 is 1.37 bits per heavy atom. The molecule has 1 aliphatic heterocycles. The second-order valence-electron chi connectivity index (χ2n) is 8.93. The molecule has 5 rings (SSSR count). The molecule has 1 atom stereocenters. The van der Waals surface area contributed by atoms with Crippen molar-refractivity contribution in [3.05, 3.63) is 95.6 Å². The molecule has 0 spiro atoms. The molecule has 0 aliphatic carbocycles. The van der Waals surface area contributed by atoms with Crippen LogP contribution in [0.1, 0.15) is 22.5 Å². The molecule has 2 aromatic heterocycles. The molecule has 1 unspecified atom stereocenters. The van der Waals surface area contributed by atoms with E-state index in [4.69, 9.17) is 0 Å². The molecule has 0 saturated carbocycles. The summed E-state index contributed by atoms with van der Waals surface area (Å²) >= 11 is 0. The van der Waals surface area contributed by atoms with Gasteiger partial charge in [-0.3, -0.25) is 4.90 Å². The molecular weight excluding hydrogens is 464 g/mol. The van der Waals surface area contributed by atoms with Crippen LogP contribution in [-0.2, 0) is 36.2 Å². The van der Waals surface area contributed by atoms with Crippen molar-refractivity contribution in [3.8, 4) is 0 Å². The minimum atomic E-state index is -3.38. The molecular formula is C24H28N8O2S. The van der Waals surface area contributed by atoms with Crippen LogP contribution in [0.25, 0.3) is 0 Å². The zero-order valence-corrected chi connectivity index (χ0v) is 20.4. The predicted molar refractivity (Wildman–Crippen MR) is 131 cm³/mol. The Balaban J connectivity index is 1.17. The summed E-state index contributed by atoms with van der Waals surface area (Å²) in [5.41, 5.74) is 3.70. The van der Waals surface area contributed by atoms with E-state index in [1.54, 1.807) is 9.36 Å². The Kier molecular flexibility index (Phi) is 6.71. The van der Waals surface area contributed by atoms with Gasteiger partial charge in [-0.25, -0.2) is 17.8 Å². The summed E-state index contributed by atoms with van der Waals surface area (Å²) in [5, 5.41) is 16.8. The molecule has 4 aromatic rings. The van der Waals surface area contributed by atoms with Gasteiger partial charge in [0.05, 0.1) is 49.2 Å². The number of hydrogen-bond donors (Lipinski definition) is 0. The maximum Gasteiger partial charge on any atom is 0.216 e. The highest BCUT2D eigenvalue weighted by Gasteiger charge is 2.38. The number of benzene rings is 2. The third-order valence-corrected chi connectivity index (χ3v) is 8.00. The molecule has 0 N–H and O–H groups in total. The topological polar surface area (TPSA) is 102 Å². The average molecular weight is 493 g/mol. The lowest BCUT2D eigenvalue weighted by molar-refractivity contribution is 0.231. The highest BCUT2D eigenvalue weighted by atomic mass is 32.2. The monoisotopic (exact) mass is 492 g/mol. The lowest BCUT2D eigenvalue weighted by Crippen LogP contribution is -2.35. The van der Waals surface area contributed by atoms with Gasteiger partial charge in [-0.1, -0.05) is 71.1 Å². The zero-order valence-electron chi connectivity index (χ0n) is 19.6. The van der Waals surface area contributed by atoms with Crippen molar-refractivity contribution < 1.29 is 8.42 Å². The highest BCUT2D eigenvalue weighted by molar-refractivity contribution is 7.89. The van der Waals surface area contributed by atoms with E-state index in [2.05, 4.69) is 20.6 Å². The predicted octanol–water partition coefficient (Wildman–Crippen LogP) is 1.61. The first-order valence-electron chi connectivity index (χ1n) is 11.5. The maximum atomic E-state index is 12.9. The van der Waals surface area contributed by atoms with E-state index in [1.165, 1.54) is 4.31 Å². The summed E-state index contributed by atoms with van der Waals surface area (Å²) in [7, 11) is -1.46. The van der Waals surface area contributed by atoms with Crippen molar-refractivity contribution in [2.24, 2.45) is 0 Å². The maximum absolute atomic E-state index is 12.9. The summed E-state index contributed by atoms with van der Waals surface area (Å²) < 4.78 is 30.7. The Morgan fingerprint density at radius 3 is 1.97 bits per heavy atom. The fourth-order valence-corrected chi connectivity index (χ4v) is 6.05. The fraction of sp³-hybridized carbons (Fsp3) is 0.333. The van der Waals surface area contributed by atoms with Gasteiger partial charge in [0.15, 0.2) is 0 Å². The van der Waals surface area contributed by atoms with E-state index >= 15 is 0 Å². The summed E-state index contributed by atoms with van der Waals surface area (Å²) in [6, 6.07) is 19.9. The van der Waals surface area contributed by atoms with Crippen molar-refractivity contribution in [3.63, 3.8) is 0 Å². The number of aromatic nitrogens is 6. The van der Waals surface area contributed by atoms with Crippen molar-refractivity contribution >= 4 is 10.0 Å². The van der Waals surface area contributed by atoms with Gasteiger partial charge in [0.1, 0.15) is 0 Å². The summed E-state index contributed by atoms with van der Waals surface area (Å²) in [6.07, 6.45) is 3.72. The van der Waals surface area contributed by atoms with Gasteiger partial charge >= 0.3 is 0 Å². The molecule has 0 amide bonds. The third kappa shape index (κ3) is 5.81. The SMILES string of the molecule is CN(Cc1cn(Cc2ccccc2)nn1)C1CN(Cc2cn(Cc3ccccc3)nn2)S(=O)(=O)C1. The van der Waals surface area contributed by atoms with Crippen LogP contribution in [-0.4, -0.2) is 73.0 Å². The van der Waals surface area contributed by atoms with Crippen molar-refractivity contribution in [2.45, 2.75) is 32.2 Å². The standard InChI is InChI=1S/C24H28N8O2S/c1-29(14-22-15-30(27-25-22)12-20-8-4-2-5-9-20)24-18-32(35(33,34)19-24)17-23-16-31(28-26-23)13-21-10-6-3-7-11-21/h2-11,15-16,24H,12-14,17-19H2,1H3. The molecule has 0 radical (unpaired) electrons. The molecule has 1 saturated heterocycles. The largest absolute Gasteiger partial charge is 0.295 e.